The maximum Gasteiger partial charge on any atom is 0.408 e. The Labute approximate surface area is 224 Å². The molecule has 0 aliphatic carbocycles. The molecule has 38 heavy (non-hydrogen) atoms. The summed E-state index contributed by atoms with van der Waals surface area (Å²) in [4.78, 5) is 41.5. The van der Waals surface area contributed by atoms with Gasteiger partial charge in [0, 0.05) is 11.3 Å². The van der Waals surface area contributed by atoms with Crippen molar-refractivity contribution >= 4 is 23.6 Å². The summed E-state index contributed by atoms with van der Waals surface area (Å²) in [5.41, 5.74) is 1.22. The molecule has 0 saturated carbocycles. The molecule has 9 heteroatoms. The number of nitriles is 1. The molecule has 0 radical (unpaired) electrons. The number of nitrogens with one attached hydrogen (secondary N) is 2. The van der Waals surface area contributed by atoms with Gasteiger partial charge in [0.25, 0.3) is 5.91 Å². The van der Waals surface area contributed by atoms with Crippen LogP contribution in [0.1, 0.15) is 63.8 Å². The first-order chi connectivity index (χ1) is 17.8. The molecular formula is C29H38N4O5. The third kappa shape index (κ3) is 7.72. The molecular weight excluding hydrogens is 484 g/mol. The number of benzene rings is 2. The number of phenols is 1. The molecule has 3 N–H and O–H groups in total. The average molecular weight is 523 g/mol. The molecule has 0 saturated heterocycles. The summed E-state index contributed by atoms with van der Waals surface area (Å²) in [6, 6.07) is 11.6. The molecule has 0 aromatic heterocycles. The third-order valence-corrected chi connectivity index (χ3v) is 6.20. The number of carbonyl (C=O) groups is 3. The van der Waals surface area contributed by atoms with Gasteiger partial charge < -0.3 is 25.4 Å². The molecule has 2 aromatic rings. The Kier molecular flexibility index (Phi) is 10.3. The molecule has 3 atom stereocenters. The average Bonchev–Trinajstić information content (AvgIpc) is 2.84. The first-order valence-corrected chi connectivity index (χ1v) is 12.6. The number of ether oxygens (including phenoxy) is 1. The van der Waals surface area contributed by atoms with E-state index in [2.05, 4.69) is 10.6 Å². The Hall–Kier alpha value is -4.06. The normalized spacial score (nSPS) is 13.4. The van der Waals surface area contributed by atoms with Crippen LogP contribution in [0.4, 0.5) is 10.5 Å². The summed E-state index contributed by atoms with van der Waals surface area (Å²) in [7, 11) is 0. The Morgan fingerprint density at radius 1 is 1.08 bits per heavy atom. The molecule has 3 amide bonds. The molecule has 2 rings (SSSR count). The number of nitrogens with zero attached hydrogens (tertiary/aromatic N) is 2. The van der Waals surface area contributed by atoms with Crippen LogP contribution in [-0.2, 0) is 14.3 Å². The predicted octanol–water partition coefficient (Wildman–Crippen LogP) is 4.98. The lowest BCUT2D eigenvalue weighted by molar-refractivity contribution is -0.141. The van der Waals surface area contributed by atoms with Crippen LogP contribution in [0.3, 0.4) is 0 Å². The van der Waals surface area contributed by atoms with Crippen molar-refractivity contribution in [3.05, 3.63) is 59.2 Å². The molecule has 0 aliphatic rings. The van der Waals surface area contributed by atoms with Gasteiger partial charge in [-0.05, 0) is 57.7 Å². The highest BCUT2D eigenvalue weighted by Crippen LogP contribution is 2.33. The Morgan fingerprint density at radius 3 is 2.29 bits per heavy atom. The summed E-state index contributed by atoms with van der Waals surface area (Å²) >= 11 is 0. The minimum Gasteiger partial charge on any atom is -0.507 e. The van der Waals surface area contributed by atoms with Crippen LogP contribution in [0, 0.1) is 31.1 Å². The molecule has 0 fully saturated rings. The second-order valence-corrected chi connectivity index (χ2v) is 10.4. The van der Waals surface area contributed by atoms with Gasteiger partial charge in [0.15, 0.2) is 0 Å². The van der Waals surface area contributed by atoms with E-state index < -0.39 is 42.1 Å². The fraction of sp³-hybridized carbons (Fsp3) is 0.448. The number of rotatable bonds is 9. The lowest BCUT2D eigenvalue weighted by atomic mass is 9.95. The number of amides is 3. The van der Waals surface area contributed by atoms with Crippen LogP contribution in [-0.4, -0.2) is 46.1 Å². The molecule has 0 spiro atoms. The number of para-hydroxylation sites is 2. The van der Waals surface area contributed by atoms with E-state index in [9.17, 15) is 24.8 Å². The first kappa shape index (κ1) is 30.2. The summed E-state index contributed by atoms with van der Waals surface area (Å²) < 4.78 is 5.37. The fourth-order valence-corrected chi connectivity index (χ4v) is 3.94. The number of alkyl carbamates (subject to hydrolysis) is 1. The van der Waals surface area contributed by atoms with Gasteiger partial charge >= 0.3 is 6.09 Å². The Morgan fingerprint density at radius 2 is 1.71 bits per heavy atom. The monoisotopic (exact) mass is 522 g/mol. The number of phenolic OH excluding ortho intramolecular Hbond substituents is 1. The minimum absolute atomic E-state index is 0.159. The number of aryl methyl sites for hydroxylation is 2. The zero-order chi connectivity index (χ0) is 28.6. The van der Waals surface area contributed by atoms with Gasteiger partial charge in [0.1, 0.15) is 30.0 Å². The predicted molar refractivity (Wildman–Crippen MR) is 145 cm³/mol. The van der Waals surface area contributed by atoms with Crippen molar-refractivity contribution < 1.29 is 24.2 Å². The van der Waals surface area contributed by atoms with E-state index in [4.69, 9.17) is 4.74 Å². The van der Waals surface area contributed by atoms with E-state index in [1.807, 2.05) is 32.0 Å². The molecule has 204 valence electrons. The number of hydrogen-bond donors (Lipinski definition) is 3. The summed E-state index contributed by atoms with van der Waals surface area (Å²) in [5, 5.41) is 26.1. The van der Waals surface area contributed by atoms with E-state index >= 15 is 0 Å². The van der Waals surface area contributed by atoms with Crippen LogP contribution in [0.2, 0.25) is 0 Å². The highest BCUT2D eigenvalue weighted by molar-refractivity contribution is 6.00. The quantitative estimate of drug-likeness (QED) is 0.398. The second kappa shape index (κ2) is 13.0. The van der Waals surface area contributed by atoms with Crippen molar-refractivity contribution in [1.82, 2.24) is 10.2 Å². The van der Waals surface area contributed by atoms with Crippen LogP contribution in [0.5, 0.6) is 5.75 Å². The standard InChI is InChI=1S/C29H38N4O5/c1-8-18(2)23(32-28(37)38-29(5,6)7)27(36)33(17-16-30)24(21-14-11-13-20(4)25(21)34)26(35)31-22-15-10-9-12-19(22)3/h9-15,18,23-24,34H,8,17H2,1-7H3,(H,31,35)(H,32,37). The van der Waals surface area contributed by atoms with Crippen molar-refractivity contribution in [3.8, 4) is 11.8 Å². The minimum atomic E-state index is -1.35. The van der Waals surface area contributed by atoms with Crippen molar-refractivity contribution in [2.75, 3.05) is 11.9 Å². The largest absolute Gasteiger partial charge is 0.507 e. The zero-order valence-corrected chi connectivity index (χ0v) is 23.2. The van der Waals surface area contributed by atoms with Crippen molar-refractivity contribution in [3.63, 3.8) is 0 Å². The molecule has 0 aliphatic heterocycles. The highest BCUT2D eigenvalue weighted by atomic mass is 16.6. The molecule has 0 bridgehead atoms. The van der Waals surface area contributed by atoms with Crippen LogP contribution >= 0.6 is 0 Å². The van der Waals surface area contributed by atoms with E-state index in [1.54, 1.807) is 65.0 Å². The van der Waals surface area contributed by atoms with Crippen molar-refractivity contribution in [2.24, 2.45) is 5.92 Å². The Bertz CT molecular complexity index is 1200. The van der Waals surface area contributed by atoms with Crippen LogP contribution in [0.15, 0.2) is 42.5 Å². The number of aromatic hydroxyl groups is 1. The van der Waals surface area contributed by atoms with Crippen LogP contribution in [0.25, 0.3) is 0 Å². The maximum absolute atomic E-state index is 14.0. The molecule has 2 aromatic carbocycles. The maximum atomic E-state index is 14.0. The van der Waals surface area contributed by atoms with Gasteiger partial charge in [0.2, 0.25) is 5.91 Å². The van der Waals surface area contributed by atoms with Crippen molar-refractivity contribution in [2.45, 2.75) is 72.6 Å². The third-order valence-electron chi connectivity index (χ3n) is 6.20. The SMILES string of the molecule is CCC(C)C(NC(=O)OC(C)(C)C)C(=O)N(CC#N)C(C(=O)Nc1ccccc1C)c1cccc(C)c1O. The lowest BCUT2D eigenvalue weighted by Gasteiger charge is -2.35. The van der Waals surface area contributed by atoms with Crippen LogP contribution < -0.4 is 10.6 Å². The molecule has 3 unspecified atom stereocenters. The number of anilines is 1. The smallest absolute Gasteiger partial charge is 0.408 e. The lowest BCUT2D eigenvalue weighted by Crippen LogP contribution is -2.54. The van der Waals surface area contributed by atoms with E-state index in [1.165, 1.54) is 0 Å². The zero-order valence-electron chi connectivity index (χ0n) is 23.2. The molecule has 9 nitrogen and oxygen atoms in total. The summed E-state index contributed by atoms with van der Waals surface area (Å²) in [5.74, 6) is -1.75. The van der Waals surface area contributed by atoms with Gasteiger partial charge in [-0.25, -0.2) is 4.79 Å². The topological polar surface area (TPSA) is 132 Å². The van der Waals surface area contributed by atoms with Gasteiger partial charge in [-0.3, -0.25) is 9.59 Å². The first-order valence-electron chi connectivity index (χ1n) is 12.6. The summed E-state index contributed by atoms with van der Waals surface area (Å²) in [6.45, 7) is 11.8. The number of hydrogen-bond acceptors (Lipinski definition) is 6. The Balaban J connectivity index is 2.60. The highest BCUT2D eigenvalue weighted by Gasteiger charge is 2.39. The van der Waals surface area contributed by atoms with Gasteiger partial charge in [-0.1, -0.05) is 56.7 Å². The van der Waals surface area contributed by atoms with E-state index in [0.717, 1.165) is 10.5 Å². The molecule has 0 heterocycles. The second-order valence-electron chi connectivity index (χ2n) is 10.4. The number of carbonyl (C=O) groups excluding carboxylic acids is 3. The van der Waals surface area contributed by atoms with Gasteiger partial charge in [0.05, 0.1) is 6.07 Å². The summed E-state index contributed by atoms with van der Waals surface area (Å²) in [6.07, 6.45) is -0.255. The van der Waals surface area contributed by atoms with Gasteiger partial charge in [-0.2, -0.15) is 5.26 Å². The van der Waals surface area contributed by atoms with Gasteiger partial charge in [-0.15, -0.1) is 0 Å². The van der Waals surface area contributed by atoms with E-state index in [0.29, 0.717) is 17.7 Å². The van der Waals surface area contributed by atoms with Crippen molar-refractivity contribution in [1.29, 1.82) is 5.26 Å². The fourth-order valence-electron chi connectivity index (χ4n) is 3.94. The van der Waals surface area contributed by atoms with E-state index in [-0.39, 0.29) is 17.2 Å².